The highest BCUT2D eigenvalue weighted by Gasteiger charge is 2.40. The van der Waals surface area contributed by atoms with E-state index in [1.807, 2.05) is 0 Å². The molecular formula is C19H16N2O4. The fourth-order valence-electron chi connectivity index (χ4n) is 3.00. The molecule has 0 spiro atoms. The summed E-state index contributed by atoms with van der Waals surface area (Å²) in [7, 11) is 3.03. The van der Waals surface area contributed by atoms with Crippen molar-refractivity contribution in [2.45, 2.75) is 12.5 Å². The Morgan fingerprint density at radius 1 is 1.00 bits per heavy atom. The molecule has 0 aromatic heterocycles. The van der Waals surface area contributed by atoms with Gasteiger partial charge in [0.15, 0.2) is 11.5 Å². The first kappa shape index (κ1) is 16.5. The molecule has 0 N–H and O–H groups in total. The summed E-state index contributed by atoms with van der Waals surface area (Å²) in [5.41, 5.74) is 1.35. The van der Waals surface area contributed by atoms with Crippen LogP contribution < -0.4 is 9.47 Å². The van der Waals surface area contributed by atoms with Crippen LogP contribution in [0.3, 0.4) is 0 Å². The first-order chi connectivity index (χ1) is 12.1. The van der Waals surface area contributed by atoms with E-state index in [9.17, 15) is 14.9 Å². The molecule has 3 rings (SSSR count). The molecule has 2 amide bonds. The van der Waals surface area contributed by atoms with E-state index >= 15 is 0 Å². The zero-order valence-corrected chi connectivity index (χ0v) is 13.9. The summed E-state index contributed by atoms with van der Waals surface area (Å²) >= 11 is 0. The van der Waals surface area contributed by atoms with Gasteiger partial charge in [0.25, 0.3) is 11.8 Å². The van der Waals surface area contributed by atoms with Crippen LogP contribution in [0, 0.1) is 11.3 Å². The molecule has 0 bridgehead atoms. The van der Waals surface area contributed by atoms with E-state index in [4.69, 9.17) is 9.47 Å². The van der Waals surface area contributed by atoms with Crippen molar-refractivity contribution in [1.82, 2.24) is 4.90 Å². The molecule has 1 atom stereocenters. The van der Waals surface area contributed by atoms with Gasteiger partial charge in [0.05, 0.1) is 43.9 Å². The van der Waals surface area contributed by atoms with E-state index in [0.717, 1.165) is 4.90 Å². The number of carbonyl (C=O) groups excluding carboxylic acids is 2. The highest BCUT2D eigenvalue weighted by atomic mass is 16.5. The van der Waals surface area contributed by atoms with Crippen molar-refractivity contribution in [2.75, 3.05) is 14.2 Å². The van der Waals surface area contributed by atoms with Gasteiger partial charge in [-0.15, -0.1) is 0 Å². The number of hydrogen-bond acceptors (Lipinski definition) is 5. The van der Waals surface area contributed by atoms with Crippen LogP contribution in [-0.2, 0) is 0 Å². The molecule has 0 saturated heterocycles. The second kappa shape index (κ2) is 6.65. The lowest BCUT2D eigenvalue weighted by Gasteiger charge is -2.25. The predicted octanol–water partition coefficient (Wildman–Crippen LogP) is 2.95. The molecule has 2 aromatic carbocycles. The Labute approximate surface area is 145 Å². The number of ether oxygens (including phenoxy) is 2. The van der Waals surface area contributed by atoms with Crippen LogP contribution in [0.2, 0.25) is 0 Å². The summed E-state index contributed by atoms with van der Waals surface area (Å²) in [6.07, 6.45) is -0.0129. The summed E-state index contributed by atoms with van der Waals surface area (Å²) in [6.45, 7) is 0. The summed E-state index contributed by atoms with van der Waals surface area (Å²) in [6, 6.07) is 13.1. The Morgan fingerprint density at radius 2 is 1.60 bits per heavy atom. The maximum absolute atomic E-state index is 12.7. The minimum absolute atomic E-state index is 0.0129. The second-order valence-electron chi connectivity index (χ2n) is 5.52. The normalized spacial score (nSPS) is 14.0. The SMILES string of the molecule is COc1ccc(C(CC#N)N2C(=O)c3ccccc3C2=O)cc1OC. The van der Waals surface area contributed by atoms with Gasteiger partial charge in [0, 0.05) is 0 Å². The van der Waals surface area contributed by atoms with Gasteiger partial charge in [0.2, 0.25) is 0 Å². The average molecular weight is 336 g/mol. The maximum Gasteiger partial charge on any atom is 0.262 e. The molecule has 1 unspecified atom stereocenters. The van der Waals surface area contributed by atoms with Gasteiger partial charge in [-0.2, -0.15) is 5.26 Å². The highest BCUT2D eigenvalue weighted by Crippen LogP contribution is 2.37. The van der Waals surface area contributed by atoms with Gasteiger partial charge in [-0.3, -0.25) is 14.5 Å². The number of nitriles is 1. The Balaban J connectivity index is 2.05. The zero-order chi connectivity index (χ0) is 18.0. The van der Waals surface area contributed by atoms with Crippen molar-refractivity contribution >= 4 is 11.8 Å². The first-order valence-corrected chi connectivity index (χ1v) is 7.68. The lowest BCUT2D eigenvalue weighted by atomic mass is 10.0. The van der Waals surface area contributed by atoms with Crippen molar-refractivity contribution in [3.63, 3.8) is 0 Å². The number of methoxy groups -OCH3 is 2. The first-order valence-electron chi connectivity index (χ1n) is 7.68. The van der Waals surface area contributed by atoms with E-state index in [1.54, 1.807) is 42.5 Å². The number of fused-ring (bicyclic) bond motifs is 1. The molecule has 1 aliphatic heterocycles. The Bertz CT molecular complexity index is 850. The molecule has 1 heterocycles. The second-order valence-corrected chi connectivity index (χ2v) is 5.52. The Morgan fingerprint density at radius 3 is 2.12 bits per heavy atom. The lowest BCUT2D eigenvalue weighted by molar-refractivity contribution is 0.0584. The third kappa shape index (κ3) is 2.70. The number of imide groups is 1. The molecule has 0 saturated carbocycles. The summed E-state index contributed by atoms with van der Waals surface area (Å²) in [5, 5.41) is 9.22. The van der Waals surface area contributed by atoms with Crippen LogP contribution in [0.1, 0.15) is 38.7 Å². The summed E-state index contributed by atoms with van der Waals surface area (Å²) in [4.78, 5) is 26.6. The third-order valence-electron chi connectivity index (χ3n) is 4.21. The third-order valence-corrected chi connectivity index (χ3v) is 4.21. The Kier molecular flexibility index (Phi) is 4.40. The van der Waals surface area contributed by atoms with E-state index in [2.05, 4.69) is 6.07 Å². The van der Waals surface area contributed by atoms with Crippen LogP contribution in [0.25, 0.3) is 0 Å². The van der Waals surface area contributed by atoms with Gasteiger partial charge in [-0.1, -0.05) is 18.2 Å². The van der Waals surface area contributed by atoms with Crippen molar-refractivity contribution in [1.29, 1.82) is 5.26 Å². The minimum atomic E-state index is -0.697. The molecule has 6 heteroatoms. The molecule has 0 aliphatic carbocycles. The molecule has 1 aliphatic rings. The van der Waals surface area contributed by atoms with Crippen LogP contribution >= 0.6 is 0 Å². The summed E-state index contributed by atoms with van der Waals surface area (Å²) < 4.78 is 10.5. The van der Waals surface area contributed by atoms with Crippen molar-refractivity contribution < 1.29 is 19.1 Å². The maximum atomic E-state index is 12.7. The molecule has 0 fully saturated rings. The number of nitrogens with zero attached hydrogens (tertiary/aromatic N) is 2. The van der Waals surface area contributed by atoms with Gasteiger partial charge in [-0.25, -0.2) is 0 Å². The van der Waals surface area contributed by atoms with Gasteiger partial charge < -0.3 is 9.47 Å². The van der Waals surface area contributed by atoms with E-state index in [0.29, 0.717) is 28.2 Å². The van der Waals surface area contributed by atoms with E-state index in [-0.39, 0.29) is 6.42 Å². The average Bonchev–Trinajstić information content (AvgIpc) is 2.90. The predicted molar refractivity (Wildman–Crippen MR) is 89.5 cm³/mol. The molecule has 0 radical (unpaired) electrons. The van der Waals surface area contributed by atoms with Crippen LogP contribution in [0.4, 0.5) is 0 Å². The monoisotopic (exact) mass is 336 g/mol. The van der Waals surface area contributed by atoms with Crippen LogP contribution in [0.5, 0.6) is 11.5 Å². The topological polar surface area (TPSA) is 79.6 Å². The quantitative estimate of drug-likeness (QED) is 0.784. The fraction of sp³-hybridized carbons (Fsp3) is 0.211. The fourth-order valence-corrected chi connectivity index (χ4v) is 3.00. The molecule has 25 heavy (non-hydrogen) atoms. The summed E-state index contributed by atoms with van der Waals surface area (Å²) in [5.74, 6) is 0.218. The van der Waals surface area contributed by atoms with Gasteiger partial charge >= 0.3 is 0 Å². The molecule has 126 valence electrons. The van der Waals surface area contributed by atoms with Crippen LogP contribution in [0.15, 0.2) is 42.5 Å². The van der Waals surface area contributed by atoms with Gasteiger partial charge in [0.1, 0.15) is 0 Å². The standard InChI is InChI=1S/C19H16N2O4/c1-24-16-8-7-12(11-17(16)25-2)15(9-10-20)21-18(22)13-5-3-4-6-14(13)19(21)23/h3-8,11,15H,9H2,1-2H3. The zero-order valence-electron chi connectivity index (χ0n) is 13.9. The lowest BCUT2D eigenvalue weighted by Crippen LogP contribution is -2.34. The number of benzene rings is 2. The number of hydrogen-bond donors (Lipinski definition) is 0. The van der Waals surface area contributed by atoms with Crippen molar-refractivity contribution in [3.05, 3.63) is 59.2 Å². The molecule has 6 nitrogen and oxygen atoms in total. The van der Waals surface area contributed by atoms with Gasteiger partial charge in [-0.05, 0) is 29.8 Å². The van der Waals surface area contributed by atoms with E-state index in [1.165, 1.54) is 14.2 Å². The highest BCUT2D eigenvalue weighted by molar-refractivity contribution is 6.21. The largest absolute Gasteiger partial charge is 0.493 e. The van der Waals surface area contributed by atoms with Crippen molar-refractivity contribution in [3.8, 4) is 17.6 Å². The number of carbonyl (C=O) groups is 2. The molecule has 2 aromatic rings. The smallest absolute Gasteiger partial charge is 0.262 e. The Hall–Kier alpha value is -3.33. The minimum Gasteiger partial charge on any atom is -0.493 e. The molecular weight excluding hydrogens is 320 g/mol. The number of amides is 2. The van der Waals surface area contributed by atoms with E-state index < -0.39 is 17.9 Å². The number of rotatable bonds is 5. The van der Waals surface area contributed by atoms with Crippen molar-refractivity contribution in [2.24, 2.45) is 0 Å². The van der Waals surface area contributed by atoms with Crippen LogP contribution in [-0.4, -0.2) is 30.9 Å².